The number of aliphatic carboxylic acids is 2. The molecule has 2 rings (SSSR count). The van der Waals surface area contributed by atoms with Crippen LogP contribution < -0.4 is 18.9 Å². The highest BCUT2D eigenvalue weighted by Crippen LogP contribution is 2.43. The van der Waals surface area contributed by atoms with Gasteiger partial charge in [-0.3, -0.25) is 9.59 Å². The quantitative estimate of drug-likeness (QED) is 0.570. The molecule has 0 radical (unpaired) electrons. The van der Waals surface area contributed by atoms with Gasteiger partial charge in [-0.15, -0.1) is 0 Å². The Morgan fingerprint density at radius 3 is 1.27 bits per heavy atom. The number of ether oxygens (including phenoxy) is 4. The topological polar surface area (TPSA) is 112 Å². The van der Waals surface area contributed by atoms with Crippen molar-refractivity contribution in [1.29, 1.82) is 0 Å². The lowest BCUT2D eigenvalue weighted by Gasteiger charge is -2.27. The number of carbonyl (C=O) groups is 2. The van der Waals surface area contributed by atoms with Gasteiger partial charge in [0.1, 0.15) is 0 Å². The molecule has 30 heavy (non-hydrogen) atoms. The molecule has 2 N–H and O–H groups in total. The van der Waals surface area contributed by atoms with E-state index in [1.165, 1.54) is 28.4 Å². The van der Waals surface area contributed by atoms with Gasteiger partial charge in [-0.1, -0.05) is 12.1 Å². The molecular formula is C22H26O8. The molecule has 0 saturated carbocycles. The standard InChI is InChI=1S/C22H26O8/c1-27-17-7-5-13(9-19(17)29-3)15(11-21(23)24)16(12-22(25)26)14-6-8-18(28-2)20(10-14)30-4/h5-10,15-16H,11-12H2,1-4H3,(H,23,24)(H,25,26). The van der Waals surface area contributed by atoms with Gasteiger partial charge in [0.05, 0.1) is 41.3 Å². The average molecular weight is 418 g/mol. The number of rotatable bonds is 11. The van der Waals surface area contributed by atoms with Crippen LogP contribution in [0.4, 0.5) is 0 Å². The maximum absolute atomic E-state index is 11.7. The van der Waals surface area contributed by atoms with E-state index >= 15 is 0 Å². The predicted molar refractivity (Wildman–Crippen MR) is 109 cm³/mol. The molecule has 8 heteroatoms. The van der Waals surface area contributed by atoms with E-state index in [-0.39, 0.29) is 12.8 Å². The minimum absolute atomic E-state index is 0.262. The summed E-state index contributed by atoms with van der Waals surface area (Å²) in [5.41, 5.74) is 1.27. The summed E-state index contributed by atoms with van der Waals surface area (Å²) < 4.78 is 21.2. The van der Waals surface area contributed by atoms with Crippen molar-refractivity contribution < 1.29 is 38.7 Å². The summed E-state index contributed by atoms with van der Waals surface area (Å²) in [5.74, 6) is -1.46. The number of hydrogen-bond acceptors (Lipinski definition) is 6. The van der Waals surface area contributed by atoms with Crippen LogP contribution >= 0.6 is 0 Å². The number of hydrogen-bond donors (Lipinski definition) is 2. The van der Waals surface area contributed by atoms with Gasteiger partial charge in [0.15, 0.2) is 23.0 Å². The fourth-order valence-corrected chi connectivity index (χ4v) is 3.53. The van der Waals surface area contributed by atoms with Crippen LogP contribution in [0.1, 0.15) is 35.8 Å². The van der Waals surface area contributed by atoms with Gasteiger partial charge in [-0.05, 0) is 35.4 Å². The van der Waals surface area contributed by atoms with E-state index in [4.69, 9.17) is 18.9 Å². The summed E-state index contributed by atoms with van der Waals surface area (Å²) in [5, 5.41) is 19.1. The Bertz CT molecular complexity index is 819. The molecule has 0 aliphatic carbocycles. The zero-order valence-electron chi connectivity index (χ0n) is 17.4. The second-order valence-electron chi connectivity index (χ2n) is 6.64. The van der Waals surface area contributed by atoms with Crippen molar-refractivity contribution in [2.45, 2.75) is 24.7 Å². The molecule has 0 amide bonds. The van der Waals surface area contributed by atoms with Gasteiger partial charge in [0.25, 0.3) is 0 Å². The van der Waals surface area contributed by atoms with Gasteiger partial charge in [-0.25, -0.2) is 0 Å². The van der Waals surface area contributed by atoms with Gasteiger partial charge in [-0.2, -0.15) is 0 Å². The largest absolute Gasteiger partial charge is 0.493 e. The Kier molecular flexibility index (Phi) is 7.91. The van der Waals surface area contributed by atoms with Crippen molar-refractivity contribution in [3.8, 4) is 23.0 Å². The first-order valence-corrected chi connectivity index (χ1v) is 9.22. The van der Waals surface area contributed by atoms with Gasteiger partial charge >= 0.3 is 11.9 Å². The van der Waals surface area contributed by atoms with E-state index in [2.05, 4.69) is 0 Å². The fourth-order valence-electron chi connectivity index (χ4n) is 3.53. The van der Waals surface area contributed by atoms with Gasteiger partial charge in [0, 0.05) is 11.8 Å². The third kappa shape index (κ3) is 5.34. The lowest BCUT2D eigenvalue weighted by atomic mass is 9.77. The first-order valence-electron chi connectivity index (χ1n) is 9.22. The maximum Gasteiger partial charge on any atom is 0.303 e. The smallest absolute Gasteiger partial charge is 0.303 e. The zero-order chi connectivity index (χ0) is 22.3. The van der Waals surface area contributed by atoms with Crippen molar-refractivity contribution in [3.05, 3.63) is 47.5 Å². The van der Waals surface area contributed by atoms with Crippen LogP contribution in [0.5, 0.6) is 23.0 Å². The van der Waals surface area contributed by atoms with Gasteiger partial charge in [0.2, 0.25) is 0 Å². The zero-order valence-corrected chi connectivity index (χ0v) is 17.4. The summed E-state index contributed by atoms with van der Waals surface area (Å²) in [6, 6.07) is 10.2. The molecule has 0 aliphatic rings. The Balaban J connectivity index is 2.61. The Morgan fingerprint density at radius 1 is 0.667 bits per heavy atom. The van der Waals surface area contributed by atoms with Crippen LogP contribution in [0.3, 0.4) is 0 Å². The fraction of sp³-hybridized carbons (Fsp3) is 0.364. The first kappa shape index (κ1) is 22.9. The van der Waals surface area contributed by atoms with Crippen LogP contribution in [-0.4, -0.2) is 50.6 Å². The van der Waals surface area contributed by atoms with Crippen LogP contribution in [0, 0.1) is 0 Å². The van der Waals surface area contributed by atoms with E-state index in [0.717, 1.165) is 0 Å². The van der Waals surface area contributed by atoms with Crippen molar-refractivity contribution in [3.63, 3.8) is 0 Å². The van der Waals surface area contributed by atoms with E-state index in [9.17, 15) is 19.8 Å². The second kappa shape index (κ2) is 10.4. The van der Waals surface area contributed by atoms with Crippen LogP contribution in [-0.2, 0) is 9.59 Å². The van der Waals surface area contributed by atoms with Crippen LogP contribution in [0.25, 0.3) is 0 Å². The number of carboxylic acid groups (broad SMARTS) is 2. The Morgan fingerprint density at radius 2 is 1.00 bits per heavy atom. The van der Waals surface area contributed by atoms with E-state index in [0.29, 0.717) is 34.1 Å². The summed E-state index contributed by atoms with van der Waals surface area (Å²) in [7, 11) is 5.97. The van der Waals surface area contributed by atoms with E-state index in [1.54, 1.807) is 36.4 Å². The molecule has 2 atom stereocenters. The van der Waals surface area contributed by atoms with Crippen LogP contribution in [0.2, 0.25) is 0 Å². The summed E-state index contributed by atoms with van der Waals surface area (Å²) >= 11 is 0. The monoisotopic (exact) mass is 418 g/mol. The predicted octanol–water partition coefficient (Wildman–Crippen LogP) is 3.54. The Labute approximate surface area is 175 Å². The molecule has 8 nitrogen and oxygen atoms in total. The molecule has 0 aromatic heterocycles. The molecule has 0 spiro atoms. The minimum atomic E-state index is -1.04. The molecule has 0 aliphatic heterocycles. The van der Waals surface area contributed by atoms with Crippen molar-refractivity contribution in [2.24, 2.45) is 0 Å². The minimum Gasteiger partial charge on any atom is -0.493 e. The molecule has 0 heterocycles. The van der Waals surface area contributed by atoms with E-state index < -0.39 is 23.8 Å². The molecule has 2 unspecified atom stereocenters. The molecule has 0 bridgehead atoms. The molecule has 2 aromatic carbocycles. The highest BCUT2D eigenvalue weighted by molar-refractivity contribution is 5.71. The molecule has 0 saturated heterocycles. The third-order valence-corrected chi connectivity index (χ3v) is 4.95. The third-order valence-electron chi connectivity index (χ3n) is 4.95. The maximum atomic E-state index is 11.7. The molecule has 2 aromatic rings. The molecule has 0 fully saturated rings. The first-order chi connectivity index (χ1) is 14.3. The normalized spacial score (nSPS) is 12.5. The molecule has 162 valence electrons. The van der Waals surface area contributed by atoms with E-state index in [1.807, 2.05) is 0 Å². The number of methoxy groups -OCH3 is 4. The summed E-state index contributed by atoms with van der Waals surface area (Å²) in [4.78, 5) is 23.3. The number of carboxylic acids is 2. The highest BCUT2D eigenvalue weighted by Gasteiger charge is 2.30. The Hall–Kier alpha value is -3.42. The SMILES string of the molecule is COc1ccc(C(CC(=O)O)C(CC(=O)O)c2ccc(OC)c(OC)c2)cc1OC. The number of benzene rings is 2. The highest BCUT2D eigenvalue weighted by atomic mass is 16.5. The average Bonchev–Trinajstić information content (AvgIpc) is 2.74. The summed E-state index contributed by atoms with van der Waals surface area (Å²) in [6.07, 6.45) is -0.524. The molecular weight excluding hydrogens is 392 g/mol. The van der Waals surface area contributed by atoms with Crippen LogP contribution in [0.15, 0.2) is 36.4 Å². The van der Waals surface area contributed by atoms with Crippen molar-refractivity contribution in [2.75, 3.05) is 28.4 Å². The lowest BCUT2D eigenvalue weighted by molar-refractivity contribution is -0.140. The second-order valence-corrected chi connectivity index (χ2v) is 6.64. The lowest BCUT2D eigenvalue weighted by Crippen LogP contribution is -2.19. The van der Waals surface area contributed by atoms with Gasteiger partial charge < -0.3 is 29.2 Å². The van der Waals surface area contributed by atoms with Crippen molar-refractivity contribution >= 4 is 11.9 Å². The van der Waals surface area contributed by atoms with Crippen molar-refractivity contribution in [1.82, 2.24) is 0 Å². The summed E-state index contributed by atoms with van der Waals surface area (Å²) in [6.45, 7) is 0.